The van der Waals surface area contributed by atoms with Crippen LogP contribution in [0, 0.1) is 28.1 Å². The molecule has 20 nitrogen and oxygen atoms in total. The number of aliphatic hydroxyl groups is 10. The minimum atomic E-state index is -1.93. The van der Waals surface area contributed by atoms with Crippen molar-refractivity contribution in [3.05, 3.63) is 12.2 Å². The predicted octanol–water partition coefficient (Wildman–Crippen LogP) is -2.75. The number of aliphatic carboxylic acids is 1. The van der Waals surface area contributed by atoms with Gasteiger partial charge in [0.15, 0.2) is 18.9 Å². The zero-order valence-electron chi connectivity index (χ0n) is 35.3. The Balaban J connectivity index is 0.00000641. The smallest absolute Gasteiger partial charge is 0.325 e. The molecule has 1 amide bonds. The van der Waals surface area contributed by atoms with Crippen molar-refractivity contribution in [2.24, 2.45) is 28.1 Å². The zero-order valence-corrected chi connectivity index (χ0v) is 36.3. The summed E-state index contributed by atoms with van der Waals surface area (Å²) in [7, 11) is 0. The number of fused-ring (bicyclic) bond motifs is 3. The number of carbonyl (C=O) groups is 2. The van der Waals surface area contributed by atoms with Crippen LogP contribution in [0.2, 0.25) is 0 Å². The van der Waals surface area contributed by atoms with Crippen LogP contribution in [0.1, 0.15) is 78.6 Å². The van der Waals surface area contributed by atoms with E-state index in [1.165, 1.54) is 6.92 Å². The van der Waals surface area contributed by atoms with Gasteiger partial charge in [-0.2, -0.15) is 13.5 Å². The van der Waals surface area contributed by atoms with Crippen LogP contribution in [-0.2, 0) is 38.0 Å². The first kappa shape index (κ1) is 49.8. The molecule has 0 aromatic rings. The van der Waals surface area contributed by atoms with Crippen LogP contribution in [0.5, 0.6) is 0 Å². The van der Waals surface area contributed by atoms with Gasteiger partial charge >= 0.3 is 5.97 Å². The fraction of sp³-hybridized carbons (Fsp3) is 0.902. The van der Waals surface area contributed by atoms with E-state index in [0.717, 1.165) is 24.8 Å². The Morgan fingerprint density at radius 2 is 1.24 bits per heavy atom. The SMILES string of the molecule is C=C1C[C@@]23CC[C@H]4[C@@](C)(CCC[C@@]4(C)C(=O)N[C@@H](C)C(=O)O)[C@@H]2CC[C@]1(O[C@@H]1O[C@H](CO)[C@@H](O)[C@H](O[C@@H]2O[C@H](CO)[C@@H](O)[C@H](O)[C@H]2O)[C@H]1O[C@@H]1O[C@H](CO)[C@@H](O)[C@H](O)[C@H]1O)C3.S. The molecule has 3 aliphatic heterocycles. The van der Waals surface area contributed by atoms with Gasteiger partial charge in [0, 0.05) is 5.41 Å². The molecule has 0 aromatic carbocycles. The summed E-state index contributed by atoms with van der Waals surface area (Å²) in [6, 6.07) is -1.04. The number of amides is 1. The van der Waals surface area contributed by atoms with Crippen molar-refractivity contribution in [2.75, 3.05) is 19.8 Å². The van der Waals surface area contributed by atoms with E-state index in [0.29, 0.717) is 38.5 Å². The molecule has 7 fully saturated rings. The van der Waals surface area contributed by atoms with Crippen molar-refractivity contribution in [1.29, 1.82) is 0 Å². The van der Waals surface area contributed by atoms with Gasteiger partial charge in [-0.3, -0.25) is 9.59 Å². The third-order valence-electron chi connectivity index (χ3n) is 15.8. The molecular weight excluding hydrogens is 843 g/mol. The van der Waals surface area contributed by atoms with Crippen molar-refractivity contribution < 1.29 is 94.2 Å². The standard InChI is InChI=1S/C41H65NO19.H2S/c1-17-12-40-10-6-22-38(3,8-5-9-39(22,4)37(55)42-18(2)33(53)54)23(40)7-11-41(17,16-40)61-36-32(60-35-30(52)28(50)25(47)20(14-44)57-35)31(26(48)21(15-45)58-36)59-34-29(51)27(49)24(46)19(13-43)56-34;/h18-32,34-36,43-52H,1,5-16H2,2-4H3,(H,42,55)(H,53,54);1H2/t18-,19+,20+,21+,22-,23-,24+,25+,26+,27-,28-,29+,30+,31-,32+,34-,35-,36-,38+,39+,40+,41-;/m0./s1. The first-order valence-electron chi connectivity index (χ1n) is 21.5. The Bertz CT molecular complexity index is 1630. The van der Waals surface area contributed by atoms with Crippen LogP contribution in [0.4, 0.5) is 0 Å². The van der Waals surface area contributed by atoms with E-state index in [1.807, 2.05) is 6.92 Å². The van der Waals surface area contributed by atoms with E-state index in [2.05, 4.69) is 18.8 Å². The average molecular weight is 910 g/mol. The quantitative estimate of drug-likeness (QED) is 0.0697. The van der Waals surface area contributed by atoms with E-state index >= 15 is 0 Å². The molecule has 4 aliphatic carbocycles. The minimum Gasteiger partial charge on any atom is -0.480 e. The second-order valence-corrected chi connectivity index (χ2v) is 19.2. The molecule has 3 saturated heterocycles. The summed E-state index contributed by atoms with van der Waals surface area (Å²) in [5.74, 6) is -1.28. The molecule has 21 heteroatoms. The number of hydrogen-bond acceptors (Lipinski definition) is 18. The number of ether oxygens (including phenoxy) is 6. The minimum absolute atomic E-state index is 0. The van der Waals surface area contributed by atoms with Gasteiger partial charge in [-0.25, -0.2) is 0 Å². The third kappa shape index (κ3) is 8.28. The molecule has 0 radical (unpaired) electrons. The topological polar surface area (TPSA) is 324 Å². The van der Waals surface area contributed by atoms with Gasteiger partial charge in [-0.1, -0.05) is 26.8 Å². The molecule has 7 aliphatic rings. The lowest BCUT2D eigenvalue weighted by atomic mass is 9.40. The average Bonchev–Trinajstić information content (AvgIpc) is 3.42. The van der Waals surface area contributed by atoms with Crippen LogP contribution >= 0.6 is 13.5 Å². The molecule has 0 aromatic heterocycles. The fourth-order valence-corrected chi connectivity index (χ4v) is 12.5. The van der Waals surface area contributed by atoms with Gasteiger partial charge in [0.25, 0.3) is 0 Å². The lowest BCUT2D eigenvalue weighted by Gasteiger charge is -2.64. The molecule has 4 saturated carbocycles. The largest absolute Gasteiger partial charge is 0.480 e. The number of carboxylic acids is 1. The zero-order chi connectivity index (χ0) is 44.6. The van der Waals surface area contributed by atoms with E-state index in [4.69, 9.17) is 28.4 Å². The van der Waals surface area contributed by atoms with Crippen LogP contribution < -0.4 is 5.32 Å². The van der Waals surface area contributed by atoms with Gasteiger partial charge in [-0.15, -0.1) is 0 Å². The van der Waals surface area contributed by atoms with Crippen molar-refractivity contribution >= 4 is 25.4 Å². The predicted molar refractivity (Wildman–Crippen MR) is 215 cm³/mol. The third-order valence-corrected chi connectivity index (χ3v) is 15.8. The van der Waals surface area contributed by atoms with Gasteiger partial charge in [0.05, 0.1) is 25.4 Å². The fourth-order valence-electron chi connectivity index (χ4n) is 12.5. The number of nitrogens with one attached hydrogen (secondary N) is 1. The Hall–Kier alpha value is -1.61. The molecule has 1 spiro atoms. The first-order chi connectivity index (χ1) is 28.7. The normalized spacial score (nSPS) is 50.7. The Morgan fingerprint density at radius 1 is 0.726 bits per heavy atom. The van der Waals surface area contributed by atoms with Gasteiger partial charge in [0.2, 0.25) is 5.91 Å². The molecule has 356 valence electrons. The van der Waals surface area contributed by atoms with Gasteiger partial charge in [0.1, 0.15) is 79.3 Å². The maximum absolute atomic E-state index is 13.8. The summed E-state index contributed by atoms with van der Waals surface area (Å²) in [5, 5.41) is 118. The Kier molecular flexibility index (Phi) is 14.9. The van der Waals surface area contributed by atoms with Crippen molar-refractivity contribution in [3.63, 3.8) is 0 Å². The van der Waals surface area contributed by atoms with Crippen molar-refractivity contribution in [1.82, 2.24) is 5.32 Å². The highest BCUT2D eigenvalue weighted by atomic mass is 32.1. The highest BCUT2D eigenvalue weighted by Gasteiger charge is 2.69. The lowest BCUT2D eigenvalue weighted by Crippen LogP contribution is -2.68. The van der Waals surface area contributed by atoms with Gasteiger partial charge < -0.3 is 89.9 Å². The summed E-state index contributed by atoms with van der Waals surface area (Å²) in [6.07, 6.45) is -19.9. The van der Waals surface area contributed by atoms with E-state index < -0.39 is 135 Å². The van der Waals surface area contributed by atoms with Crippen LogP contribution in [-0.4, -0.2) is 192 Å². The summed E-state index contributed by atoms with van der Waals surface area (Å²) < 4.78 is 36.8. The Labute approximate surface area is 366 Å². The summed E-state index contributed by atoms with van der Waals surface area (Å²) in [6.45, 7) is 7.79. The molecule has 3 heterocycles. The maximum Gasteiger partial charge on any atom is 0.325 e. The van der Waals surface area contributed by atoms with E-state index in [1.54, 1.807) is 0 Å². The Morgan fingerprint density at radius 3 is 1.79 bits per heavy atom. The second-order valence-electron chi connectivity index (χ2n) is 19.2. The molecule has 62 heavy (non-hydrogen) atoms. The molecule has 0 unspecified atom stereocenters. The maximum atomic E-state index is 13.8. The van der Waals surface area contributed by atoms with E-state index in [9.17, 15) is 65.8 Å². The second kappa shape index (κ2) is 18.6. The number of hydrogen-bond donors (Lipinski definition) is 12. The summed E-state index contributed by atoms with van der Waals surface area (Å²) in [4.78, 5) is 25.5. The highest BCUT2D eigenvalue weighted by molar-refractivity contribution is 7.59. The monoisotopic (exact) mass is 909 g/mol. The molecular formula is C41H67NO19S. The van der Waals surface area contributed by atoms with Crippen LogP contribution in [0.25, 0.3) is 0 Å². The van der Waals surface area contributed by atoms with Crippen LogP contribution in [0.3, 0.4) is 0 Å². The number of rotatable bonds is 12. The first-order valence-corrected chi connectivity index (χ1v) is 21.5. The molecule has 22 atom stereocenters. The molecule has 7 rings (SSSR count). The molecule has 12 N–H and O–H groups in total. The summed E-state index contributed by atoms with van der Waals surface area (Å²) in [5.41, 5.74) is -1.74. The number of carbonyl (C=O) groups excluding carboxylic acids is 1. The highest BCUT2D eigenvalue weighted by Crippen LogP contribution is 2.73. The molecule has 2 bridgehead atoms. The number of aliphatic hydroxyl groups excluding tert-OH is 10. The van der Waals surface area contributed by atoms with Crippen molar-refractivity contribution in [2.45, 2.75) is 182 Å². The van der Waals surface area contributed by atoms with Gasteiger partial charge in [-0.05, 0) is 86.5 Å². The van der Waals surface area contributed by atoms with E-state index in [-0.39, 0.29) is 42.1 Å². The number of carboxylic acid groups (broad SMARTS) is 1. The lowest BCUT2D eigenvalue weighted by molar-refractivity contribution is -0.400. The van der Waals surface area contributed by atoms with Crippen molar-refractivity contribution in [3.8, 4) is 0 Å². The summed E-state index contributed by atoms with van der Waals surface area (Å²) >= 11 is 0. The van der Waals surface area contributed by atoms with Crippen LogP contribution in [0.15, 0.2) is 12.2 Å².